The second kappa shape index (κ2) is 11.4. The summed E-state index contributed by atoms with van der Waals surface area (Å²) in [6.45, 7) is 13.5. The molecule has 224 valence electrons. The maximum atomic E-state index is 12.2. The molecule has 1 saturated carbocycles. The Morgan fingerprint density at radius 1 is 0.976 bits per heavy atom. The van der Waals surface area contributed by atoms with Gasteiger partial charge in [0.1, 0.15) is 29.8 Å². The number of ether oxygens (including phenoxy) is 3. The molecule has 0 radical (unpaired) electrons. The first kappa shape index (κ1) is 29.6. The summed E-state index contributed by atoms with van der Waals surface area (Å²) in [7, 11) is 0. The molecule has 1 aliphatic heterocycles. The number of anilines is 1. The number of benzene rings is 2. The zero-order chi connectivity index (χ0) is 30.1. The summed E-state index contributed by atoms with van der Waals surface area (Å²) < 4.78 is 17.5. The maximum Gasteiger partial charge on any atom is 0.408 e. The Kier molecular flexibility index (Phi) is 8.07. The van der Waals surface area contributed by atoms with E-state index in [0.29, 0.717) is 25.6 Å². The average molecular weight is 574 g/mol. The highest BCUT2D eigenvalue weighted by atomic mass is 16.6. The van der Waals surface area contributed by atoms with E-state index in [-0.39, 0.29) is 17.6 Å². The predicted octanol–water partition coefficient (Wildman–Crippen LogP) is 5.35. The van der Waals surface area contributed by atoms with Crippen LogP contribution in [0.1, 0.15) is 71.2 Å². The molecule has 3 N–H and O–H groups in total. The van der Waals surface area contributed by atoms with Gasteiger partial charge in [-0.25, -0.2) is 14.8 Å². The van der Waals surface area contributed by atoms with Crippen molar-refractivity contribution >= 4 is 12.0 Å². The summed E-state index contributed by atoms with van der Waals surface area (Å²) in [6.07, 6.45) is 3.40. The van der Waals surface area contributed by atoms with Crippen LogP contribution in [0.3, 0.4) is 0 Å². The summed E-state index contributed by atoms with van der Waals surface area (Å²) >= 11 is 0. The van der Waals surface area contributed by atoms with E-state index in [2.05, 4.69) is 53.4 Å². The lowest BCUT2D eigenvalue weighted by atomic mass is 9.78. The minimum atomic E-state index is -0.537. The highest BCUT2D eigenvalue weighted by Gasteiger charge is 2.42. The molecule has 1 saturated heterocycles. The highest BCUT2D eigenvalue weighted by molar-refractivity contribution is 5.69. The third-order valence-electron chi connectivity index (χ3n) is 7.84. The van der Waals surface area contributed by atoms with Crippen LogP contribution in [0.4, 0.5) is 10.7 Å². The van der Waals surface area contributed by atoms with E-state index < -0.39 is 17.2 Å². The second-order valence-electron chi connectivity index (χ2n) is 13.3. The maximum absolute atomic E-state index is 12.2. The van der Waals surface area contributed by atoms with Crippen LogP contribution >= 0.6 is 0 Å². The molecule has 42 heavy (non-hydrogen) atoms. The van der Waals surface area contributed by atoms with Crippen LogP contribution in [0.25, 0.3) is 0 Å². The van der Waals surface area contributed by atoms with Gasteiger partial charge >= 0.3 is 6.09 Å². The third-order valence-corrected chi connectivity index (χ3v) is 7.84. The number of aromatic nitrogens is 2. The van der Waals surface area contributed by atoms with Gasteiger partial charge < -0.3 is 30.2 Å². The number of hydrogen-bond donors (Lipinski definition) is 2. The normalized spacial score (nSPS) is 19.7. The molecule has 0 spiro atoms. The van der Waals surface area contributed by atoms with Crippen molar-refractivity contribution in [2.24, 2.45) is 5.73 Å². The number of carbonyl (C=O) groups excluding carboxylic acids is 1. The Balaban J connectivity index is 1.13. The Labute approximate surface area is 248 Å². The summed E-state index contributed by atoms with van der Waals surface area (Å²) in [5.74, 6) is 2.28. The first-order chi connectivity index (χ1) is 19.8. The number of nitrogens with zero attached hydrogens (tertiary/aromatic N) is 3. The van der Waals surface area contributed by atoms with Gasteiger partial charge in [-0.15, -0.1) is 0 Å². The Morgan fingerprint density at radius 3 is 2.14 bits per heavy atom. The monoisotopic (exact) mass is 573 g/mol. The molecule has 2 fully saturated rings. The van der Waals surface area contributed by atoms with Crippen molar-refractivity contribution in [1.82, 2.24) is 15.3 Å². The molecule has 3 aromatic rings. The molecule has 1 aromatic heterocycles. The Bertz CT molecular complexity index is 1370. The number of amides is 1. The molecule has 9 heteroatoms. The molecule has 1 aliphatic carbocycles. The van der Waals surface area contributed by atoms with Crippen LogP contribution in [0, 0.1) is 0 Å². The number of carbonyl (C=O) groups is 1. The van der Waals surface area contributed by atoms with Gasteiger partial charge in [-0.05, 0) is 82.0 Å². The van der Waals surface area contributed by atoms with Crippen molar-refractivity contribution in [2.75, 3.05) is 18.0 Å². The fraction of sp³-hybridized carbons (Fsp3) is 0.485. The average Bonchev–Trinajstić information content (AvgIpc) is 2.89. The van der Waals surface area contributed by atoms with Crippen LogP contribution in [-0.2, 0) is 16.8 Å². The lowest BCUT2D eigenvalue weighted by molar-refractivity contribution is 0.0444. The van der Waals surface area contributed by atoms with Crippen molar-refractivity contribution in [2.45, 2.75) is 89.7 Å². The summed E-state index contributed by atoms with van der Waals surface area (Å²) in [4.78, 5) is 23.3. The van der Waals surface area contributed by atoms with E-state index >= 15 is 0 Å². The van der Waals surface area contributed by atoms with Gasteiger partial charge in [-0.3, -0.25) is 0 Å². The molecule has 0 bridgehead atoms. The van der Waals surface area contributed by atoms with Gasteiger partial charge in [0.05, 0.1) is 11.2 Å². The predicted molar refractivity (Wildman–Crippen MR) is 163 cm³/mol. The van der Waals surface area contributed by atoms with Crippen LogP contribution < -0.4 is 25.4 Å². The van der Waals surface area contributed by atoms with Gasteiger partial charge in [-0.2, -0.15) is 0 Å². The summed E-state index contributed by atoms with van der Waals surface area (Å²) in [6, 6.07) is 18.7. The molecule has 0 atom stereocenters. The first-order valence-corrected chi connectivity index (χ1v) is 14.6. The number of nitrogens with one attached hydrogen (secondary N) is 1. The van der Waals surface area contributed by atoms with Crippen LogP contribution in [-0.4, -0.2) is 52.4 Å². The zero-order valence-electron chi connectivity index (χ0n) is 25.5. The van der Waals surface area contributed by atoms with Crippen LogP contribution in [0.15, 0.2) is 60.8 Å². The van der Waals surface area contributed by atoms with E-state index in [1.54, 1.807) is 6.20 Å². The van der Waals surface area contributed by atoms with Crippen LogP contribution in [0.5, 0.6) is 11.5 Å². The number of hydrogen-bond acceptors (Lipinski definition) is 8. The first-order valence-electron chi connectivity index (χ1n) is 14.6. The van der Waals surface area contributed by atoms with E-state index in [4.69, 9.17) is 19.9 Å². The van der Waals surface area contributed by atoms with E-state index in [0.717, 1.165) is 30.0 Å². The Morgan fingerprint density at radius 2 is 1.57 bits per heavy atom. The van der Waals surface area contributed by atoms with Crippen molar-refractivity contribution in [3.05, 3.63) is 77.6 Å². The summed E-state index contributed by atoms with van der Waals surface area (Å²) in [5, 5.41) is 2.96. The topological polar surface area (TPSA) is 112 Å². The van der Waals surface area contributed by atoms with Crippen molar-refractivity contribution in [3.8, 4) is 11.5 Å². The molecule has 2 aliphatic rings. The van der Waals surface area contributed by atoms with Crippen molar-refractivity contribution in [3.63, 3.8) is 0 Å². The third kappa shape index (κ3) is 7.13. The number of rotatable bonds is 9. The standard InChI is InChI=1S/C33H43N5O4/c1-31(2,3)42-30(39)37-33(6)20-38(21-33)29-35-16-15-25(36-29)19-40-26-11-7-22(8-12-26)32(4,5)23-9-13-27(14-10-23)41-28-17-24(34)18-28/h7-16,24,28H,17-21,34H2,1-6H3,(H,37,39). The molecule has 0 unspecified atom stereocenters. The van der Waals surface area contributed by atoms with Crippen LogP contribution in [0.2, 0.25) is 0 Å². The zero-order valence-corrected chi connectivity index (χ0v) is 25.5. The Hall–Kier alpha value is -3.85. The van der Waals surface area contributed by atoms with Gasteiger partial charge in [0.2, 0.25) is 5.95 Å². The fourth-order valence-electron chi connectivity index (χ4n) is 5.32. The van der Waals surface area contributed by atoms with E-state index in [1.807, 2.05) is 62.9 Å². The van der Waals surface area contributed by atoms with Gasteiger partial charge in [0.25, 0.3) is 0 Å². The minimum absolute atomic E-state index is 0.179. The van der Waals surface area contributed by atoms with Gasteiger partial charge in [-0.1, -0.05) is 38.1 Å². The SMILES string of the molecule is CC1(NC(=O)OC(C)(C)C)CN(c2nccc(COc3ccc(C(C)(C)c4ccc(OC5CC(N)C5)cc4)cc3)n2)C1. The molecule has 9 nitrogen and oxygen atoms in total. The lowest BCUT2D eigenvalue weighted by Gasteiger charge is -2.48. The molecule has 5 rings (SSSR count). The molecule has 2 heterocycles. The smallest absolute Gasteiger partial charge is 0.408 e. The minimum Gasteiger partial charge on any atom is -0.490 e. The van der Waals surface area contributed by atoms with E-state index in [1.165, 1.54) is 11.1 Å². The lowest BCUT2D eigenvalue weighted by Crippen LogP contribution is -2.69. The molecule has 1 amide bonds. The molecular weight excluding hydrogens is 530 g/mol. The molecular formula is C33H43N5O4. The second-order valence-corrected chi connectivity index (χ2v) is 13.3. The number of alkyl carbamates (subject to hydrolysis) is 1. The number of nitrogens with two attached hydrogens (primary N) is 1. The molecule has 2 aromatic carbocycles. The van der Waals surface area contributed by atoms with Crippen molar-refractivity contribution in [1.29, 1.82) is 0 Å². The van der Waals surface area contributed by atoms with E-state index in [9.17, 15) is 4.79 Å². The van der Waals surface area contributed by atoms with Gasteiger partial charge in [0.15, 0.2) is 0 Å². The largest absolute Gasteiger partial charge is 0.490 e. The quantitative estimate of drug-likeness (QED) is 0.352. The fourth-order valence-corrected chi connectivity index (χ4v) is 5.32. The summed E-state index contributed by atoms with van der Waals surface area (Å²) in [5.41, 5.74) is 7.95. The van der Waals surface area contributed by atoms with Crippen molar-refractivity contribution < 1.29 is 19.0 Å². The highest BCUT2D eigenvalue weighted by Crippen LogP contribution is 2.34. The van der Waals surface area contributed by atoms with Gasteiger partial charge in [0, 0.05) is 30.7 Å².